The van der Waals surface area contributed by atoms with Gasteiger partial charge in [-0.3, -0.25) is 4.79 Å². The van der Waals surface area contributed by atoms with E-state index >= 15 is 0 Å². The van der Waals surface area contributed by atoms with Crippen molar-refractivity contribution in [3.8, 4) is 6.07 Å². The van der Waals surface area contributed by atoms with Gasteiger partial charge in [0.05, 0.1) is 17.9 Å². The van der Waals surface area contributed by atoms with Crippen LogP contribution in [0.15, 0.2) is 41.8 Å². The van der Waals surface area contributed by atoms with E-state index in [4.69, 9.17) is 5.26 Å². The van der Waals surface area contributed by atoms with Crippen molar-refractivity contribution in [3.05, 3.63) is 47.4 Å². The van der Waals surface area contributed by atoms with Crippen LogP contribution in [0.1, 0.15) is 5.56 Å². The Morgan fingerprint density at radius 1 is 1.40 bits per heavy atom. The normalized spacial score (nSPS) is 21.1. The van der Waals surface area contributed by atoms with Crippen molar-refractivity contribution in [1.29, 1.82) is 5.26 Å². The van der Waals surface area contributed by atoms with Gasteiger partial charge in [-0.25, -0.2) is 8.42 Å². The topological polar surface area (TPSA) is 87.0 Å². The SMILES string of the molecule is N#CC(Cc1ccccc1)C(=O)NC1C=CS(=O)(=O)C1. The summed E-state index contributed by atoms with van der Waals surface area (Å²) in [6.45, 7) is 0. The number of hydrogen-bond acceptors (Lipinski definition) is 4. The fourth-order valence-electron chi connectivity index (χ4n) is 2.00. The number of nitrogens with one attached hydrogen (secondary N) is 1. The van der Waals surface area contributed by atoms with Crippen LogP contribution in [-0.4, -0.2) is 26.1 Å². The van der Waals surface area contributed by atoms with Gasteiger partial charge in [0.1, 0.15) is 5.92 Å². The Morgan fingerprint density at radius 3 is 2.65 bits per heavy atom. The maximum absolute atomic E-state index is 12.0. The van der Waals surface area contributed by atoms with Gasteiger partial charge in [-0.2, -0.15) is 5.26 Å². The molecule has 20 heavy (non-hydrogen) atoms. The standard InChI is InChI=1S/C14H14N2O3S/c15-9-12(8-11-4-2-1-3-5-11)14(17)16-13-6-7-20(18,19)10-13/h1-7,12-13H,8,10H2,(H,16,17). The summed E-state index contributed by atoms with van der Waals surface area (Å²) < 4.78 is 22.5. The highest BCUT2D eigenvalue weighted by atomic mass is 32.2. The summed E-state index contributed by atoms with van der Waals surface area (Å²) in [7, 11) is -3.21. The van der Waals surface area contributed by atoms with E-state index in [1.54, 1.807) is 0 Å². The summed E-state index contributed by atoms with van der Waals surface area (Å²) in [5.74, 6) is -1.40. The molecule has 104 valence electrons. The van der Waals surface area contributed by atoms with Gasteiger partial charge in [0.2, 0.25) is 5.91 Å². The number of nitrogens with zero attached hydrogens (tertiary/aromatic N) is 1. The van der Waals surface area contributed by atoms with Crippen molar-refractivity contribution < 1.29 is 13.2 Å². The highest BCUT2D eigenvalue weighted by Gasteiger charge is 2.26. The molecule has 1 heterocycles. The van der Waals surface area contributed by atoms with E-state index in [0.717, 1.165) is 11.0 Å². The van der Waals surface area contributed by atoms with E-state index in [9.17, 15) is 13.2 Å². The first-order valence-electron chi connectivity index (χ1n) is 6.15. The molecule has 1 N–H and O–H groups in total. The molecule has 5 nitrogen and oxygen atoms in total. The fourth-order valence-corrected chi connectivity index (χ4v) is 3.23. The van der Waals surface area contributed by atoms with Gasteiger partial charge in [-0.15, -0.1) is 0 Å². The zero-order valence-electron chi connectivity index (χ0n) is 10.7. The minimum Gasteiger partial charge on any atom is -0.348 e. The van der Waals surface area contributed by atoms with E-state index in [-0.39, 0.29) is 5.75 Å². The number of nitriles is 1. The number of carbonyl (C=O) groups is 1. The molecule has 2 unspecified atom stereocenters. The van der Waals surface area contributed by atoms with Crippen LogP contribution in [0.3, 0.4) is 0 Å². The Kier molecular flexibility index (Phi) is 4.20. The Morgan fingerprint density at radius 2 is 2.10 bits per heavy atom. The molecule has 1 aliphatic rings. The van der Waals surface area contributed by atoms with Gasteiger partial charge >= 0.3 is 0 Å². The predicted molar refractivity (Wildman–Crippen MR) is 74.1 cm³/mol. The number of amides is 1. The summed E-state index contributed by atoms with van der Waals surface area (Å²) in [6.07, 6.45) is 1.75. The molecule has 0 fully saturated rings. The molecule has 2 rings (SSSR count). The lowest BCUT2D eigenvalue weighted by Crippen LogP contribution is -2.39. The third-order valence-electron chi connectivity index (χ3n) is 3.01. The highest BCUT2D eigenvalue weighted by molar-refractivity contribution is 7.94. The number of hydrogen-bond donors (Lipinski definition) is 1. The van der Waals surface area contributed by atoms with Crippen LogP contribution in [-0.2, 0) is 21.1 Å². The van der Waals surface area contributed by atoms with Crippen molar-refractivity contribution in [2.75, 3.05) is 5.75 Å². The first-order valence-corrected chi connectivity index (χ1v) is 7.86. The van der Waals surface area contributed by atoms with Gasteiger partial charge < -0.3 is 5.32 Å². The van der Waals surface area contributed by atoms with Crippen molar-refractivity contribution in [2.24, 2.45) is 5.92 Å². The maximum atomic E-state index is 12.0. The van der Waals surface area contributed by atoms with E-state index in [1.807, 2.05) is 36.4 Å². The molecule has 0 spiro atoms. The third kappa shape index (κ3) is 3.68. The minimum absolute atomic E-state index is 0.137. The summed E-state index contributed by atoms with van der Waals surface area (Å²) in [6, 6.07) is 10.6. The lowest BCUT2D eigenvalue weighted by atomic mass is 9.99. The molecule has 1 amide bonds. The van der Waals surface area contributed by atoms with Gasteiger partial charge in [-0.1, -0.05) is 30.3 Å². The predicted octanol–water partition coefficient (Wildman–Crippen LogP) is 0.796. The number of sulfone groups is 1. The van der Waals surface area contributed by atoms with E-state index in [2.05, 4.69) is 5.32 Å². The van der Waals surface area contributed by atoms with Crippen molar-refractivity contribution in [2.45, 2.75) is 12.5 Å². The van der Waals surface area contributed by atoms with Crippen molar-refractivity contribution >= 4 is 15.7 Å². The molecule has 0 aliphatic carbocycles. The van der Waals surface area contributed by atoms with Crippen LogP contribution in [0.5, 0.6) is 0 Å². The first-order chi connectivity index (χ1) is 9.50. The molecular formula is C14H14N2O3S. The van der Waals surface area contributed by atoms with E-state index < -0.39 is 27.7 Å². The largest absolute Gasteiger partial charge is 0.348 e. The van der Waals surface area contributed by atoms with Crippen LogP contribution in [0.2, 0.25) is 0 Å². The third-order valence-corrected chi connectivity index (χ3v) is 4.41. The molecule has 0 saturated carbocycles. The second-order valence-corrected chi connectivity index (χ2v) is 6.58. The smallest absolute Gasteiger partial charge is 0.238 e. The summed E-state index contributed by atoms with van der Waals surface area (Å²) in [5.41, 5.74) is 0.892. The van der Waals surface area contributed by atoms with Gasteiger partial charge in [0, 0.05) is 5.41 Å². The first kappa shape index (κ1) is 14.3. The van der Waals surface area contributed by atoms with Crippen LogP contribution in [0, 0.1) is 17.2 Å². The molecule has 0 radical (unpaired) electrons. The molecular weight excluding hydrogens is 276 g/mol. The summed E-state index contributed by atoms with van der Waals surface area (Å²) in [5, 5.41) is 12.8. The summed E-state index contributed by atoms with van der Waals surface area (Å²) >= 11 is 0. The second kappa shape index (κ2) is 5.88. The lowest BCUT2D eigenvalue weighted by Gasteiger charge is -2.13. The fraction of sp³-hybridized carbons (Fsp3) is 0.286. The molecule has 1 aliphatic heterocycles. The summed E-state index contributed by atoms with van der Waals surface area (Å²) in [4.78, 5) is 12.0. The van der Waals surface area contributed by atoms with Gasteiger partial charge in [0.15, 0.2) is 9.84 Å². The zero-order chi connectivity index (χ0) is 14.6. The molecule has 0 aromatic heterocycles. The van der Waals surface area contributed by atoms with E-state index in [0.29, 0.717) is 6.42 Å². The lowest BCUT2D eigenvalue weighted by molar-refractivity contribution is -0.123. The molecule has 2 atom stereocenters. The number of carbonyl (C=O) groups excluding carboxylic acids is 1. The van der Waals surface area contributed by atoms with Gasteiger partial charge in [-0.05, 0) is 18.1 Å². The molecule has 1 aromatic rings. The second-order valence-electron chi connectivity index (χ2n) is 4.64. The highest BCUT2D eigenvalue weighted by Crippen LogP contribution is 2.11. The Labute approximate surface area is 117 Å². The monoisotopic (exact) mass is 290 g/mol. The van der Waals surface area contributed by atoms with Crippen LogP contribution in [0.4, 0.5) is 0 Å². The molecule has 1 aromatic carbocycles. The number of rotatable bonds is 4. The molecule has 0 saturated heterocycles. The van der Waals surface area contributed by atoms with Gasteiger partial charge in [0.25, 0.3) is 0 Å². The van der Waals surface area contributed by atoms with Crippen LogP contribution < -0.4 is 5.32 Å². The maximum Gasteiger partial charge on any atom is 0.238 e. The molecule has 6 heteroatoms. The quantitative estimate of drug-likeness (QED) is 0.888. The number of benzene rings is 1. The Hall–Kier alpha value is -2.13. The molecule has 0 bridgehead atoms. The Bertz CT molecular complexity index is 659. The Balaban J connectivity index is 1.97. The average Bonchev–Trinajstić information content (AvgIpc) is 2.76. The van der Waals surface area contributed by atoms with Crippen molar-refractivity contribution in [1.82, 2.24) is 5.32 Å². The minimum atomic E-state index is -3.21. The van der Waals surface area contributed by atoms with Crippen LogP contribution in [0.25, 0.3) is 0 Å². The van der Waals surface area contributed by atoms with E-state index in [1.165, 1.54) is 6.08 Å². The van der Waals surface area contributed by atoms with Crippen LogP contribution >= 0.6 is 0 Å². The van der Waals surface area contributed by atoms with Crippen molar-refractivity contribution in [3.63, 3.8) is 0 Å². The average molecular weight is 290 g/mol. The zero-order valence-corrected chi connectivity index (χ0v) is 11.5.